The van der Waals surface area contributed by atoms with Gasteiger partial charge in [0.15, 0.2) is 5.58 Å². The minimum absolute atomic E-state index is 0.228. The van der Waals surface area contributed by atoms with Crippen molar-refractivity contribution in [3.8, 4) is 11.3 Å². The zero-order chi connectivity index (χ0) is 24.3. The van der Waals surface area contributed by atoms with Crippen molar-refractivity contribution in [3.63, 3.8) is 0 Å². The third-order valence-corrected chi connectivity index (χ3v) is 7.00. The predicted octanol–water partition coefficient (Wildman–Crippen LogP) is 5.01. The van der Waals surface area contributed by atoms with Crippen LogP contribution in [-0.2, 0) is 22.5 Å². The number of methoxy groups -OCH3 is 1. The number of pyridine rings is 1. The average Bonchev–Trinajstić information content (AvgIpc) is 3.26. The molecule has 7 nitrogen and oxygen atoms in total. The lowest BCUT2D eigenvalue weighted by atomic mass is 9.94. The minimum Gasteiger partial charge on any atom is -0.598 e. The molecule has 0 bridgehead atoms. The van der Waals surface area contributed by atoms with E-state index >= 15 is 0 Å². The summed E-state index contributed by atoms with van der Waals surface area (Å²) in [6, 6.07) is 20.4. The molecule has 34 heavy (non-hydrogen) atoms. The number of para-hydroxylation sites is 1. The molecule has 0 aliphatic heterocycles. The van der Waals surface area contributed by atoms with Crippen LogP contribution in [0.2, 0.25) is 0 Å². The number of carbonyl (C=O) groups is 1. The summed E-state index contributed by atoms with van der Waals surface area (Å²) in [5.41, 5.74) is 4.10. The number of nitrogens with one attached hydrogen (secondary N) is 1. The maximum absolute atomic E-state index is 13.1. The van der Waals surface area contributed by atoms with E-state index in [0.717, 1.165) is 22.2 Å². The van der Waals surface area contributed by atoms with Gasteiger partial charge < -0.3 is 13.8 Å². The highest BCUT2D eigenvalue weighted by Gasteiger charge is 2.31. The highest BCUT2D eigenvalue weighted by molar-refractivity contribution is 7.90. The lowest BCUT2D eigenvalue weighted by molar-refractivity contribution is 0.0593. The zero-order valence-corrected chi connectivity index (χ0v) is 20.4. The molecule has 0 aliphatic carbocycles. The van der Waals surface area contributed by atoms with Gasteiger partial charge in [0.1, 0.15) is 16.1 Å². The highest BCUT2D eigenvalue weighted by atomic mass is 32.2. The van der Waals surface area contributed by atoms with E-state index in [1.54, 1.807) is 12.1 Å². The number of carbonyl (C=O) groups excluding carboxylic acids is 1. The first kappa shape index (κ1) is 23.9. The molecule has 4 aromatic rings. The molecule has 0 aliphatic rings. The summed E-state index contributed by atoms with van der Waals surface area (Å²) < 4.78 is 26.3. The Balaban J connectivity index is 1.78. The third-order valence-electron chi connectivity index (χ3n) is 5.39. The molecule has 0 saturated heterocycles. The number of nitrogens with zero attached hydrogens (tertiary/aromatic N) is 2. The van der Waals surface area contributed by atoms with E-state index in [1.165, 1.54) is 7.11 Å². The maximum Gasteiger partial charge on any atom is 0.356 e. The molecule has 0 radical (unpaired) electrons. The van der Waals surface area contributed by atoms with Crippen LogP contribution in [0.15, 0.2) is 71.3 Å². The third kappa shape index (κ3) is 5.14. The molecule has 1 N–H and O–H groups in total. The van der Waals surface area contributed by atoms with Gasteiger partial charge in [0, 0.05) is 34.4 Å². The Morgan fingerprint density at radius 2 is 1.82 bits per heavy atom. The van der Waals surface area contributed by atoms with E-state index in [0.29, 0.717) is 17.7 Å². The van der Waals surface area contributed by atoms with Crippen LogP contribution >= 0.6 is 0 Å². The van der Waals surface area contributed by atoms with Crippen LogP contribution in [-0.4, -0.2) is 32.5 Å². The van der Waals surface area contributed by atoms with Gasteiger partial charge in [-0.15, -0.1) is 4.72 Å². The number of ether oxygens (including phenoxy) is 1. The summed E-state index contributed by atoms with van der Waals surface area (Å²) in [4.78, 5) is 16.5. The van der Waals surface area contributed by atoms with Crippen LogP contribution in [0.5, 0.6) is 0 Å². The Kier molecular flexibility index (Phi) is 7.02. The molecule has 8 heteroatoms. The molecule has 2 atom stereocenters. The summed E-state index contributed by atoms with van der Waals surface area (Å²) in [6.45, 7) is 5.75. The first-order chi connectivity index (χ1) is 16.3. The van der Waals surface area contributed by atoms with Crippen LogP contribution in [0.1, 0.15) is 48.6 Å². The number of fused-ring (bicyclic) bond motifs is 1. The van der Waals surface area contributed by atoms with Gasteiger partial charge in [-0.2, -0.15) is 0 Å². The summed E-state index contributed by atoms with van der Waals surface area (Å²) >= 11 is -1.35. The molecule has 0 fully saturated rings. The first-order valence-corrected chi connectivity index (χ1v) is 12.1. The molecular weight excluding hydrogens is 450 g/mol. The van der Waals surface area contributed by atoms with E-state index < -0.39 is 22.1 Å². The summed E-state index contributed by atoms with van der Waals surface area (Å²) in [5.74, 6) is -0.501. The van der Waals surface area contributed by atoms with Crippen molar-refractivity contribution in [2.24, 2.45) is 0 Å². The molecule has 0 spiro atoms. The zero-order valence-electron chi connectivity index (χ0n) is 19.6. The second-order valence-electron chi connectivity index (χ2n) is 8.88. The van der Waals surface area contributed by atoms with Gasteiger partial charge in [-0.05, 0) is 50.6 Å². The highest BCUT2D eigenvalue weighted by Crippen LogP contribution is 2.35. The van der Waals surface area contributed by atoms with Crippen molar-refractivity contribution in [3.05, 3.63) is 83.7 Å². The number of benzene rings is 2. The normalized spacial score (nSPS) is 13.6. The maximum atomic E-state index is 13.1. The molecule has 0 amide bonds. The van der Waals surface area contributed by atoms with Crippen molar-refractivity contribution in [2.75, 3.05) is 7.11 Å². The summed E-state index contributed by atoms with van der Waals surface area (Å²) in [7, 11) is 1.33. The van der Waals surface area contributed by atoms with Gasteiger partial charge in [0.2, 0.25) is 0 Å². The van der Waals surface area contributed by atoms with Gasteiger partial charge in [0.05, 0.1) is 13.2 Å². The fourth-order valence-corrected chi connectivity index (χ4v) is 4.46. The predicted molar refractivity (Wildman–Crippen MR) is 132 cm³/mol. The van der Waals surface area contributed by atoms with Crippen molar-refractivity contribution in [1.82, 2.24) is 14.9 Å². The molecule has 0 saturated carbocycles. The number of hydrogen-bond donors (Lipinski definition) is 1. The fraction of sp³-hybridized carbons (Fsp3) is 0.269. The molecule has 0 unspecified atom stereocenters. The van der Waals surface area contributed by atoms with Crippen LogP contribution in [0.3, 0.4) is 0 Å². The molecular formula is C26H27N3O4S. The van der Waals surface area contributed by atoms with E-state index in [4.69, 9.17) is 9.26 Å². The summed E-state index contributed by atoms with van der Waals surface area (Å²) in [5, 5.41) is 5.24. The van der Waals surface area contributed by atoms with E-state index in [2.05, 4.69) is 14.9 Å². The Morgan fingerprint density at radius 3 is 2.59 bits per heavy atom. The molecule has 2 aromatic carbocycles. The SMILES string of the molecule is COC(=O)c1cccc(C[C@H](N[S@@+]([O-])C(C)(C)C)c2ccccc2-c2noc3ccccc23)n1. The Hall–Kier alpha value is -3.20. The van der Waals surface area contributed by atoms with Gasteiger partial charge in [-0.1, -0.05) is 47.6 Å². The Morgan fingerprint density at radius 1 is 1.09 bits per heavy atom. The largest absolute Gasteiger partial charge is 0.598 e. The first-order valence-electron chi connectivity index (χ1n) is 10.9. The van der Waals surface area contributed by atoms with Crippen LogP contribution in [0.4, 0.5) is 0 Å². The number of hydrogen-bond acceptors (Lipinski definition) is 7. The topological polar surface area (TPSA) is 100 Å². The van der Waals surface area contributed by atoms with Crippen LogP contribution < -0.4 is 4.72 Å². The number of rotatable bonds is 7. The lowest BCUT2D eigenvalue weighted by Gasteiger charge is -2.29. The van der Waals surface area contributed by atoms with Crippen molar-refractivity contribution >= 4 is 28.3 Å². The second kappa shape index (κ2) is 9.97. The lowest BCUT2D eigenvalue weighted by Crippen LogP contribution is -2.42. The van der Waals surface area contributed by atoms with Gasteiger partial charge in [0.25, 0.3) is 0 Å². The van der Waals surface area contributed by atoms with Crippen LogP contribution in [0, 0.1) is 0 Å². The minimum atomic E-state index is -1.35. The molecule has 2 heterocycles. The average molecular weight is 478 g/mol. The Bertz CT molecular complexity index is 1300. The van der Waals surface area contributed by atoms with E-state index in [-0.39, 0.29) is 11.7 Å². The second-order valence-corrected chi connectivity index (χ2v) is 10.9. The fourth-order valence-electron chi connectivity index (χ4n) is 3.64. The Labute approximate surface area is 201 Å². The number of aromatic nitrogens is 2. The van der Waals surface area contributed by atoms with Crippen LogP contribution in [0.25, 0.3) is 22.2 Å². The van der Waals surface area contributed by atoms with Gasteiger partial charge >= 0.3 is 5.97 Å². The number of esters is 1. The smallest absolute Gasteiger partial charge is 0.356 e. The van der Waals surface area contributed by atoms with Crippen molar-refractivity contribution < 1.29 is 18.6 Å². The molecule has 2 aromatic heterocycles. The van der Waals surface area contributed by atoms with Crippen molar-refractivity contribution in [1.29, 1.82) is 0 Å². The summed E-state index contributed by atoms with van der Waals surface area (Å²) in [6.07, 6.45) is 0.402. The molecule has 4 rings (SSSR count). The van der Waals surface area contributed by atoms with E-state index in [1.807, 2.05) is 75.4 Å². The van der Waals surface area contributed by atoms with Crippen molar-refractivity contribution in [2.45, 2.75) is 38.0 Å². The van der Waals surface area contributed by atoms with Gasteiger partial charge in [-0.25, -0.2) is 9.78 Å². The monoisotopic (exact) mass is 477 g/mol. The van der Waals surface area contributed by atoms with E-state index in [9.17, 15) is 9.35 Å². The molecule has 176 valence electrons. The standard InChI is InChI=1S/C26H27N3O4S/c1-26(2,3)34(31)29-22(16-17-10-9-14-21(27-17)25(30)32-4)18-11-5-6-12-19(18)24-20-13-7-8-15-23(20)33-28-24/h5-15,22,29H,16H2,1-4H3/t22-,34-/m0/s1. The van der Waals surface area contributed by atoms with Gasteiger partial charge in [-0.3, -0.25) is 0 Å². The quantitative estimate of drug-likeness (QED) is 0.295.